The smallest absolute Gasteiger partial charge is 0.234 e. The zero-order valence-corrected chi connectivity index (χ0v) is 14.4. The van der Waals surface area contributed by atoms with Crippen LogP contribution >= 0.6 is 11.3 Å². The lowest BCUT2D eigenvalue weighted by Crippen LogP contribution is -2.40. The Hall–Kier alpha value is -2.05. The molecular weight excluding hydrogens is 324 g/mol. The van der Waals surface area contributed by atoms with E-state index in [1.807, 2.05) is 36.5 Å². The molecule has 4 rings (SSSR count). The highest BCUT2D eigenvalue weighted by atomic mass is 32.1. The van der Waals surface area contributed by atoms with E-state index in [4.69, 9.17) is 9.47 Å². The van der Waals surface area contributed by atoms with Crippen molar-refractivity contribution in [1.82, 2.24) is 10.2 Å². The topological polar surface area (TPSA) is 50.8 Å². The molecule has 2 aromatic rings. The first-order valence-electron chi connectivity index (χ1n) is 8.15. The number of carbonyl (C=O) groups is 1. The van der Waals surface area contributed by atoms with Gasteiger partial charge < -0.3 is 14.8 Å². The van der Waals surface area contributed by atoms with Gasteiger partial charge in [-0.2, -0.15) is 0 Å². The first kappa shape index (κ1) is 15.5. The molecule has 1 N–H and O–H groups in total. The Labute approximate surface area is 145 Å². The number of benzene rings is 1. The van der Waals surface area contributed by atoms with Gasteiger partial charge in [0.15, 0.2) is 11.5 Å². The monoisotopic (exact) mass is 344 g/mol. The van der Waals surface area contributed by atoms with Crippen LogP contribution in [0.5, 0.6) is 11.5 Å². The van der Waals surface area contributed by atoms with Crippen molar-refractivity contribution in [3.05, 3.63) is 45.6 Å². The minimum absolute atomic E-state index is 0.0545. The minimum atomic E-state index is -0.0616. The normalized spacial score (nSPS) is 17.4. The fraction of sp³-hybridized carbons (Fsp3) is 0.389. The van der Waals surface area contributed by atoms with Crippen LogP contribution in [-0.2, 0) is 17.8 Å². The molecule has 1 amide bonds. The molecule has 0 fully saturated rings. The summed E-state index contributed by atoms with van der Waals surface area (Å²) in [6, 6.07) is 7.90. The number of ether oxygens (including phenoxy) is 2. The molecular formula is C18H20N2O3S. The van der Waals surface area contributed by atoms with Gasteiger partial charge in [0, 0.05) is 18.0 Å². The van der Waals surface area contributed by atoms with E-state index in [9.17, 15) is 4.79 Å². The third-order valence-electron chi connectivity index (χ3n) is 4.53. The van der Waals surface area contributed by atoms with Crippen LogP contribution in [-0.4, -0.2) is 30.7 Å². The molecule has 0 saturated heterocycles. The second-order valence-corrected chi connectivity index (χ2v) is 7.23. The lowest BCUT2D eigenvalue weighted by Gasteiger charge is -2.26. The predicted molar refractivity (Wildman–Crippen MR) is 92.4 cm³/mol. The fourth-order valence-electron chi connectivity index (χ4n) is 3.20. The highest BCUT2D eigenvalue weighted by Crippen LogP contribution is 2.34. The number of carbonyl (C=O) groups excluding carboxylic acids is 1. The number of rotatable bonds is 4. The Morgan fingerprint density at radius 2 is 2.21 bits per heavy atom. The van der Waals surface area contributed by atoms with E-state index in [0.717, 1.165) is 36.6 Å². The van der Waals surface area contributed by atoms with Crippen molar-refractivity contribution in [1.29, 1.82) is 0 Å². The average Bonchev–Trinajstić information content (AvgIpc) is 3.22. The van der Waals surface area contributed by atoms with E-state index in [2.05, 4.69) is 21.7 Å². The van der Waals surface area contributed by atoms with Gasteiger partial charge in [0.2, 0.25) is 12.7 Å². The van der Waals surface area contributed by atoms with Gasteiger partial charge in [0.1, 0.15) is 0 Å². The van der Waals surface area contributed by atoms with E-state index in [0.29, 0.717) is 6.54 Å². The third-order valence-corrected chi connectivity index (χ3v) is 5.55. The largest absolute Gasteiger partial charge is 0.454 e. The first-order chi connectivity index (χ1) is 11.7. The summed E-state index contributed by atoms with van der Waals surface area (Å²) >= 11 is 1.81. The van der Waals surface area contributed by atoms with Gasteiger partial charge >= 0.3 is 0 Å². The molecule has 0 spiro atoms. The van der Waals surface area contributed by atoms with Crippen LogP contribution in [0.4, 0.5) is 0 Å². The molecule has 0 radical (unpaired) electrons. The van der Waals surface area contributed by atoms with Crippen LogP contribution in [0.25, 0.3) is 0 Å². The van der Waals surface area contributed by atoms with Gasteiger partial charge in [0.05, 0.1) is 12.6 Å². The molecule has 1 aromatic carbocycles. The summed E-state index contributed by atoms with van der Waals surface area (Å²) < 4.78 is 10.7. The van der Waals surface area contributed by atoms with E-state index < -0.39 is 0 Å². The molecule has 126 valence electrons. The van der Waals surface area contributed by atoms with Crippen molar-refractivity contribution < 1.29 is 14.3 Å². The number of nitrogens with zero attached hydrogens (tertiary/aromatic N) is 1. The Morgan fingerprint density at radius 1 is 1.33 bits per heavy atom. The first-order valence-corrected chi connectivity index (χ1v) is 9.03. The van der Waals surface area contributed by atoms with Gasteiger partial charge in [-0.05, 0) is 48.1 Å². The summed E-state index contributed by atoms with van der Waals surface area (Å²) in [7, 11) is 0. The van der Waals surface area contributed by atoms with Gasteiger partial charge in [0.25, 0.3) is 0 Å². The second-order valence-electron chi connectivity index (χ2n) is 6.23. The third kappa shape index (κ3) is 3.12. The van der Waals surface area contributed by atoms with E-state index in [-0.39, 0.29) is 18.7 Å². The van der Waals surface area contributed by atoms with Crippen molar-refractivity contribution in [2.24, 2.45) is 0 Å². The summed E-state index contributed by atoms with van der Waals surface area (Å²) in [5.41, 5.74) is 2.38. The fourth-order valence-corrected chi connectivity index (χ4v) is 4.09. The van der Waals surface area contributed by atoms with Crippen molar-refractivity contribution in [3.63, 3.8) is 0 Å². The van der Waals surface area contributed by atoms with Crippen molar-refractivity contribution in [2.45, 2.75) is 25.9 Å². The number of thiophene rings is 1. The molecule has 1 aromatic heterocycles. The van der Waals surface area contributed by atoms with E-state index in [1.54, 1.807) is 0 Å². The van der Waals surface area contributed by atoms with Crippen molar-refractivity contribution in [3.8, 4) is 11.5 Å². The Kier molecular flexibility index (Phi) is 4.16. The van der Waals surface area contributed by atoms with Crippen LogP contribution in [0, 0.1) is 0 Å². The van der Waals surface area contributed by atoms with Gasteiger partial charge in [-0.3, -0.25) is 9.69 Å². The van der Waals surface area contributed by atoms with Crippen LogP contribution in [0.1, 0.15) is 29.0 Å². The summed E-state index contributed by atoms with van der Waals surface area (Å²) in [4.78, 5) is 16.0. The van der Waals surface area contributed by atoms with Crippen LogP contribution in [0.3, 0.4) is 0 Å². The summed E-state index contributed by atoms with van der Waals surface area (Å²) in [5, 5.41) is 5.21. The van der Waals surface area contributed by atoms with Gasteiger partial charge in [-0.25, -0.2) is 0 Å². The van der Waals surface area contributed by atoms with Crippen LogP contribution in [0.15, 0.2) is 29.6 Å². The number of amides is 1. The number of fused-ring (bicyclic) bond motifs is 2. The molecule has 5 nitrogen and oxygen atoms in total. The van der Waals surface area contributed by atoms with E-state index >= 15 is 0 Å². The quantitative estimate of drug-likeness (QED) is 0.927. The molecule has 0 saturated carbocycles. The number of hydrogen-bond acceptors (Lipinski definition) is 5. The Balaban J connectivity index is 1.34. The number of hydrogen-bond donors (Lipinski definition) is 1. The Morgan fingerprint density at radius 3 is 3.12 bits per heavy atom. The standard InChI is InChI=1S/C18H20N2O3S/c1-12(13-2-3-15-16(8-13)23-11-22-15)19-18(21)10-20-6-4-17-14(9-20)5-7-24-17/h2-3,5,7-8,12H,4,6,9-11H2,1H3,(H,19,21)/t12-/m1/s1. The molecule has 2 aliphatic heterocycles. The molecule has 0 bridgehead atoms. The maximum atomic E-state index is 12.4. The molecule has 2 aliphatic rings. The lowest BCUT2D eigenvalue weighted by molar-refractivity contribution is -0.123. The lowest BCUT2D eigenvalue weighted by atomic mass is 10.1. The van der Waals surface area contributed by atoms with Crippen LogP contribution in [0.2, 0.25) is 0 Å². The highest BCUT2D eigenvalue weighted by Gasteiger charge is 2.21. The molecule has 3 heterocycles. The minimum Gasteiger partial charge on any atom is -0.454 e. The zero-order chi connectivity index (χ0) is 16.5. The van der Waals surface area contributed by atoms with Crippen LogP contribution < -0.4 is 14.8 Å². The van der Waals surface area contributed by atoms with Gasteiger partial charge in [-0.15, -0.1) is 11.3 Å². The van der Waals surface area contributed by atoms with Crippen molar-refractivity contribution in [2.75, 3.05) is 19.9 Å². The molecule has 1 atom stereocenters. The maximum Gasteiger partial charge on any atom is 0.234 e. The predicted octanol–water partition coefficient (Wildman–Crippen LogP) is 2.71. The molecule has 0 unspecified atom stereocenters. The highest BCUT2D eigenvalue weighted by molar-refractivity contribution is 7.10. The van der Waals surface area contributed by atoms with Gasteiger partial charge in [-0.1, -0.05) is 6.07 Å². The average molecular weight is 344 g/mol. The number of nitrogens with one attached hydrogen (secondary N) is 1. The summed E-state index contributed by atoms with van der Waals surface area (Å²) in [6.45, 7) is 4.50. The summed E-state index contributed by atoms with van der Waals surface area (Å²) in [5.74, 6) is 1.56. The zero-order valence-electron chi connectivity index (χ0n) is 13.6. The second kappa shape index (κ2) is 6.45. The van der Waals surface area contributed by atoms with E-state index in [1.165, 1.54) is 10.4 Å². The Bertz CT molecular complexity index is 758. The molecule has 6 heteroatoms. The van der Waals surface area contributed by atoms with Crippen molar-refractivity contribution >= 4 is 17.2 Å². The molecule has 0 aliphatic carbocycles. The SMILES string of the molecule is C[C@@H](NC(=O)CN1CCc2sccc2C1)c1ccc2c(c1)OCO2. The molecule has 24 heavy (non-hydrogen) atoms. The summed E-state index contributed by atoms with van der Waals surface area (Å²) in [6.07, 6.45) is 1.04. The maximum absolute atomic E-state index is 12.4.